The predicted molar refractivity (Wildman–Crippen MR) is 105 cm³/mol. The van der Waals surface area contributed by atoms with Crippen molar-refractivity contribution in [3.63, 3.8) is 0 Å². The Balaban J connectivity index is 1.95. The Morgan fingerprint density at radius 1 is 1.10 bits per heavy atom. The van der Waals surface area contributed by atoms with Crippen molar-refractivity contribution in [2.45, 2.75) is 26.0 Å². The summed E-state index contributed by atoms with van der Waals surface area (Å²) in [6, 6.07) is 10.7. The molecule has 156 valence electrons. The van der Waals surface area contributed by atoms with E-state index >= 15 is 0 Å². The lowest BCUT2D eigenvalue weighted by molar-refractivity contribution is -0.120. The molecule has 0 saturated carbocycles. The lowest BCUT2D eigenvalue weighted by Crippen LogP contribution is -2.38. The van der Waals surface area contributed by atoms with Crippen molar-refractivity contribution in [2.75, 3.05) is 13.7 Å². The molecule has 0 aliphatic carbocycles. The zero-order valence-corrected chi connectivity index (χ0v) is 16.6. The number of carbonyl (C=O) groups is 2. The van der Waals surface area contributed by atoms with Gasteiger partial charge in [-0.25, -0.2) is 0 Å². The minimum atomic E-state index is -3.01. The molecule has 0 aromatic heterocycles. The summed E-state index contributed by atoms with van der Waals surface area (Å²) in [7, 11) is 1.27. The first-order valence-electron chi connectivity index (χ1n) is 8.80. The summed E-state index contributed by atoms with van der Waals surface area (Å²) in [6.45, 7) is -1.34. The Morgan fingerprint density at radius 2 is 1.79 bits per heavy atom. The van der Waals surface area contributed by atoms with E-state index in [4.69, 9.17) is 16.3 Å². The lowest BCUT2D eigenvalue weighted by atomic mass is 10.0. The number of ether oxygens (including phenoxy) is 2. The fourth-order valence-electron chi connectivity index (χ4n) is 2.63. The minimum Gasteiger partial charge on any atom is -0.493 e. The quantitative estimate of drug-likeness (QED) is 0.636. The number of hydrogen-bond donors (Lipinski definition) is 2. The van der Waals surface area contributed by atoms with E-state index in [9.17, 15) is 18.4 Å². The summed E-state index contributed by atoms with van der Waals surface area (Å²) in [5.41, 5.74) is 1.04. The molecule has 6 nitrogen and oxygen atoms in total. The van der Waals surface area contributed by atoms with Gasteiger partial charge < -0.3 is 20.1 Å². The average molecular weight is 427 g/mol. The number of methoxy groups -OCH3 is 1. The van der Waals surface area contributed by atoms with Crippen LogP contribution < -0.4 is 20.1 Å². The van der Waals surface area contributed by atoms with Crippen LogP contribution in [0.1, 0.15) is 35.3 Å². The van der Waals surface area contributed by atoms with E-state index in [2.05, 4.69) is 15.4 Å². The van der Waals surface area contributed by atoms with Crippen molar-refractivity contribution in [3.8, 4) is 11.5 Å². The monoisotopic (exact) mass is 426 g/mol. The molecule has 9 heteroatoms. The van der Waals surface area contributed by atoms with E-state index in [0.717, 1.165) is 5.56 Å². The number of rotatable bonds is 9. The van der Waals surface area contributed by atoms with E-state index in [-0.39, 0.29) is 35.6 Å². The van der Waals surface area contributed by atoms with Crippen LogP contribution in [0.3, 0.4) is 0 Å². The van der Waals surface area contributed by atoms with Gasteiger partial charge in [0.2, 0.25) is 5.91 Å². The third-order valence-corrected chi connectivity index (χ3v) is 4.32. The van der Waals surface area contributed by atoms with Gasteiger partial charge in [0.15, 0.2) is 11.5 Å². The zero-order chi connectivity index (χ0) is 21.4. The molecule has 0 aliphatic heterocycles. The third kappa shape index (κ3) is 6.60. The van der Waals surface area contributed by atoms with Crippen molar-refractivity contribution in [1.29, 1.82) is 0 Å². The molecule has 0 radical (unpaired) electrons. The van der Waals surface area contributed by atoms with Crippen LogP contribution >= 0.6 is 11.6 Å². The summed E-state index contributed by atoms with van der Waals surface area (Å²) < 4.78 is 34.0. The van der Waals surface area contributed by atoms with Gasteiger partial charge in [0, 0.05) is 10.6 Å². The Kier molecular flexibility index (Phi) is 8.21. The Bertz CT molecular complexity index is 847. The maximum Gasteiger partial charge on any atom is 0.387 e. The second kappa shape index (κ2) is 10.6. The molecule has 0 fully saturated rings. The molecule has 29 heavy (non-hydrogen) atoms. The summed E-state index contributed by atoms with van der Waals surface area (Å²) in [6.07, 6.45) is 0.657. The molecule has 2 aromatic rings. The fourth-order valence-corrected chi connectivity index (χ4v) is 2.75. The zero-order valence-electron chi connectivity index (χ0n) is 15.9. The third-order valence-electron chi connectivity index (χ3n) is 4.07. The van der Waals surface area contributed by atoms with Gasteiger partial charge in [-0.05, 0) is 42.3 Å². The largest absolute Gasteiger partial charge is 0.493 e. The van der Waals surface area contributed by atoms with Gasteiger partial charge in [-0.2, -0.15) is 8.78 Å². The molecule has 0 heterocycles. The normalized spacial score (nSPS) is 11.7. The van der Waals surface area contributed by atoms with Crippen molar-refractivity contribution >= 4 is 23.4 Å². The molecule has 0 saturated heterocycles. The van der Waals surface area contributed by atoms with Crippen LogP contribution in [-0.4, -0.2) is 32.1 Å². The fraction of sp³-hybridized carbons (Fsp3) is 0.300. The molecular formula is C20H21ClF2N2O4. The van der Waals surface area contributed by atoms with E-state index in [0.29, 0.717) is 11.4 Å². The van der Waals surface area contributed by atoms with E-state index < -0.39 is 12.5 Å². The van der Waals surface area contributed by atoms with Crippen LogP contribution in [-0.2, 0) is 4.79 Å². The Morgan fingerprint density at radius 3 is 2.38 bits per heavy atom. The molecule has 0 bridgehead atoms. The molecule has 0 aliphatic rings. The van der Waals surface area contributed by atoms with Crippen LogP contribution in [0.25, 0.3) is 0 Å². The maximum atomic E-state index is 12.4. The first-order chi connectivity index (χ1) is 13.8. The van der Waals surface area contributed by atoms with Crippen molar-refractivity contribution < 1.29 is 27.8 Å². The molecule has 1 atom stereocenters. The van der Waals surface area contributed by atoms with E-state index in [1.54, 1.807) is 12.1 Å². The molecule has 2 rings (SSSR count). The molecule has 2 amide bonds. The highest BCUT2D eigenvalue weighted by Crippen LogP contribution is 2.29. The summed E-state index contributed by atoms with van der Waals surface area (Å²) in [4.78, 5) is 24.5. The molecular weight excluding hydrogens is 406 g/mol. The molecule has 1 unspecified atom stereocenters. The number of hydrogen-bond acceptors (Lipinski definition) is 4. The SMILES string of the molecule is CCC(NC(=O)CNC(=O)c1ccc(OC(F)F)c(OC)c1)c1ccc(Cl)cc1. The van der Waals surface area contributed by atoms with Crippen LogP contribution in [0.15, 0.2) is 42.5 Å². The second-order valence-electron chi connectivity index (χ2n) is 6.01. The van der Waals surface area contributed by atoms with Crippen molar-refractivity contribution in [1.82, 2.24) is 10.6 Å². The number of benzene rings is 2. The summed E-state index contributed by atoms with van der Waals surface area (Å²) in [5, 5.41) is 5.92. The van der Waals surface area contributed by atoms with Gasteiger partial charge in [0.05, 0.1) is 19.7 Å². The molecule has 2 aromatic carbocycles. The Hall–Kier alpha value is -2.87. The number of carbonyl (C=O) groups excluding carboxylic acids is 2. The smallest absolute Gasteiger partial charge is 0.387 e. The van der Waals surface area contributed by atoms with E-state index in [1.807, 2.05) is 19.1 Å². The van der Waals surface area contributed by atoms with Gasteiger partial charge >= 0.3 is 6.61 Å². The standard InChI is InChI=1S/C20H21ClF2N2O4/c1-3-15(12-4-7-14(21)8-5-12)25-18(26)11-24-19(27)13-6-9-16(29-20(22)23)17(10-13)28-2/h4-10,15,20H,3,11H2,1-2H3,(H,24,27)(H,25,26). The van der Waals surface area contributed by atoms with Gasteiger partial charge in [0.1, 0.15) is 0 Å². The van der Waals surface area contributed by atoms with Gasteiger partial charge in [-0.15, -0.1) is 0 Å². The lowest BCUT2D eigenvalue weighted by Gasteiger charge is -2.18. The number of nitrogens with one attached hydrogen (secondary N) is 2. The molecule has 0 spiro atoms. The minimum absolute atomic E-state index is 0.0174. The van der Waals surface area contributed by atoms with Crippen LogP contribution in [0.4, 0.5) is 8.78 Å². The first kappa shape index (κ1) is 22.4. The maximum absolute atomic E-state index is 12.4. The number of halogens is 3. The van der Waals surface area contributed by atoms with Crippen LogP contribution in [0.5, 0.6) is 11.5 Å². The van der Waals surface area contributed by atoms with E-state index in [1.165, 1.54) is 25.3 Å². The summed E-state index contributed by atoms with van der Waals surface area (Å²) >= 11 is 5.88. The highest BCUT2D eigenvalue weighted by Gasteiger charge is 2.16. The van der Waals surface area contributed by atoms with Gasteiger partial charge in [0.25, 0.3) is 5.91 Å². The van der Waals surface area contributed by atoms with Crippen molar-refractivity contribution in [2.24, 2.45) is 0 Å². The van der Waals surface area contributed by atoms with Crippen LogP contribution in [0, 0.1) is 0 Å². The summed E-state index contributed by atoms with van der Waals surface area (Å²) in [5.74, 6) is -1.13. The van der Waals surface area contributed by atoms with Gasteiger partial charge in [-0.1, -0.05) is 30.7 Å². The van der Waals surface area contributed by atoms with Crippen LogP contribution in [0.2, 0.25) is 5.02 Å². The highest BCUT2D eigenvalue weighted by atomic mass is 35.5. The average Bonchev–Trinajstić information content (AvgIpc) is 2.70. The second-order valence-corrected chi connectivity index (χ2v) is 6.44. The highest BCUT2D eigenvalue weighted by molar-refractivity contribution is 6.30. The van der Waals surface area contributed by atoms with Gasteiger partial charge in [-0.3, -0.25) is 9.59 Å². The number of alkyl halides is 2. The Labute approximate surface area is 172 Å². The number of amides is 2. The van der Waals surface area contributed by atoms with Crippen molar-refractivity contribution in [3.05, 3.63) is 58.6 Å². The molecule has 2 N–H and O–H groups in total. The predicted octanol–water partition coefficient (Wildman–Crippen LogP) is 3.95. The topological polar surface area (TPSA) is 76.7 Å². The first-order valence-corrected chi connectivity index (χ1v) is 9.17.